The number of amides is 1. The topological polar surface area (TPSA) is 102 Å². The van der Waals surface area contributed by atoms with Crippen molar-refractivity contribution in [1.29, 1.82) is 0 Å². The number of nitrogens with zero attached hydrogens (tertiary/aromatic N) is 1. The molecule has 0 radical (unpaired) electrons. The third-order valence-electron chi connectivity index (χ3n) is 6.39. The first kappa shape index (κ1) is 23.2. The lowest BCUT2D eigenvalue weighted by molar-refractivity contribution is -0.132. The fourth-order valence-corrected chi connectivity index (χ4v) is 4.68. The van der Waals surface area contributed by atoms with Crippen LogP contribution in [0.4, 0.5) is 5.69 Å². The van der Waals surface area contributed by atoms with E-state index in [-0.39, 0.29) is 16.9 Å². The molecule has 0 aromatic heterocycles. The molecule has 1 N–H and O–H groups in total. The second-order valence-electron chi connectivity index (χ2n) is 8.37. The van der Waals surface area contributed by atoms with Crippen LogP contribution in [-0.4, -0.2) is 43.6 Å². The van der Waals surface area contributed by atoms with Crippen molar-refractivity contribution in [3.8, 4) is 11.5 Å². The average molecular weight is 485 g/mol. The van der Waals surface area contributed by atoms with Gasteiger partial charge in [-0.15, -0.1) is 0 Å². The number of carbonyl (C=O) groups is 3. The molecule has 1 atom stereocenters. The molecule has 8 heteroatoms. The Hall–Kier alpha value is -4.59. The van der Waals surface area contributed by atoms with Gasteiger partial charge in [0.2, 0.25) is 0 Å². The summed E-state index contributed by atoms with van der Waals surface area (Å²) < 4.78 is 15.9. The summed E-state index contributed by atoms with van der Waals surface area (Å²) in [6, 6.07) is 17.4. The standard InChI is InChI=1S/C28H23NO7/c1-34-22-9-4-3-8-20(22)24-23(25(30)17-10-11-21-16(14-17)12-13-36-21)26(31)27(32)29(24)19-7-5-6-18(15-19)28(33)35-2/h3-11,14-15,24,30H,12-13H2,1-2H3/b25-23+. The third kappa shape index (κ3) is 3.76. The number of Topliss-reactive ketones (excluding diaryl/α,β-unsaturated/α-hetero) is 1. The molecule has 182 valence electrons. The normalized spacial score (nSPS) is 18.1. The zero-order valence-corrected chi connectivity index (χ0v) is 19.7. The van der Waals surface area contributed by atoms with E-state index in [2.05, 4.69) is 0 Å². The number of esters is 1. The van der Waals surface area contributed by atoms with Crippen LogP contribution in [0, 0.1) is 0 Å². The highest BCUT2D eigenvalue weighted by Gasteiger charge is 2.48. The number of benzene rings is 3. The molecule has 1 fully saturated rings. The molecule has 36 heavy (non-hydrogen) atoms. The van der Waals surface area contributed by atoms with Crippen LogP contribution in [0.2, 0.25) is 0 Å². The minimum absolute atomic E-state index is 0.0770. The summed E-state index contributed by atoms with van der Waals surface area (Å²) in [5, 5.41) is 11.4. The lowest BCUT2D eigenvalue weighted by Gasteiger charge is -2.27. The smallest absolute Gasteiger partial charge is 0.337 e. The molecular weight excluding hydrogens is 462 g/mol. The number of carbonyl (C=O) groups excluding carboxylic acids is 3. The van der Waals surface area contributed by atoms with Gasteiger partial charge in [0.05, 0.1) is 38.0 Å². The SMILES string of the molecule is COC(=O)c1cccc(N2C(=O)C(=O)/C(=C(/O)c3ccc4c(c3)CCO4)C2c2ccccc2OC)c1. The van der Waals surface area contributed by atoms with Crippen molar-refractivity contribution in [2.45, 2.75) is 12.5 Å². The van der Waals surface area contributed by atoms with Crippen LogP contribution < -0.4 is 14.4 Å². The van der Waals surface area contributed by atoms with Crippen molar-refractivity contribution in [1.82, 2.24) is 0 Å². The van der Waals surface area contributed by atoms with Gasteiger partial charge in [-0.1, -0.05) is 24.3 Å². The van der Waals surface area contributed by atoms with E-state index in [1.54, 1.807) is 60.7 Å². The number of aliphatic hydroxyl groups excluding tert-OH is 1. The number of aliphatic hydroxyl groups is 1. The number of rotatable bonds is 5. The fourth-order valence-electron chi connectivity index (χ4n) is 4.68. The summed E-state index contributed by atoms with van der Waals surface area (Å²) in [5.41, 5.74) is 2.26. The number of ether oxygens (including phenoxy) is 3. The van der Waals surface area contributed by atoms with E-state index in [1.165, 1.54) is 25.2 Å². The molecule has 2 aliphatic rings. The van der Waals surface area contributed by atoms with E-state index < -0.39 is 23.7 Å². The minimum atomic E-state index is -1.00. The first-order chi connectivity index (χ1) is 17.4. The first-order valence-electron chi connectivity index (χ1n) is 11.3. The van der Waals surface area contributed by atoms with E-state index in [0.29, 0.717) is 35.6 Å². The molecule has 8 nitrogen and oxygen atoms in total. The summed E-state index contributed by atoms with van der Waals surface area (Å²) in [4.78, 5) is 40.3. The molecule has 1 amide bonds. The molecule has 0 spiro atoms. The van der Waals surface area contributed by atoms with Gasteiger partial charge < -0.3 is 19.3 Å². The van der Waals surface area contributed by atoms with E-state index in [1.807, 2.05) is 0 Å². The molecule has 0 aliphatic carbocycles. The highest BCUT2D eigenvalue weighted by Crippen LogP contribution is 2.45. The maximum absolute atomic E-state index is 13.4. The number of hydrogen-bond acceptors (Lipinski definition) is 7. The number of ketones is 1. The van der Waals surface area contributed by atoms with Crippen LogP contribution in [0.5, 0.6) is 11.5 Å². The summed E-state index contributed by atoms with van der Waals surface area (Å²) >= 11 is 0. The molecular formula is C28H23NO7. The largest absolute Gasteiger partial charge is 0.507 e. The summed E-state index contributed by atoms with van der Waals surface area (Å²) in [7, 11) is 2.75. The quantitative estimate of drug-likeness (QED) is 0.252. The monoisotopic (exact) mass is 485 g/mol. The van der Waals surface area contributed by atoms with E-state index in [4.69, 9.17) is 14.2 Å². The zero-order chi connectivity index (χ0) is 25.4. The fraction of sp³-hybridized carbons (Fsp3) is 0.179. The lowest BCUT2D eigenvalue weighted by atomic mass is 9.93. The minimum Gasteiger partial charge on any atom is -0.507 e. The molecule has 0 saturated carbocycles. The third-order valence-corrected chi connectivity index (χ3v) is 6.39. The second-order valence-corrected chi connectivity index (χ2v) is 8.37. The molecule has 3 aromatic carbocycles. The zero-order valence-electron chi connectivity index (χ0n) is 19.7. The van der Waals surface area contributed by atoms with Gasteiger partial charge in [-0.3, -0.25) is 14.5 Å². The van der Waals surface area contributed by atoms with Crippen molar-refractivity contribution in [3.05, 3.63) is 94.6 Å². The Morgan fingerprint density at radius 1 is 1.00 bits per heavy atom. The summed E-state index contributed by atoms with van der Waals surface area (Å²) in [6.45, 7) is 0.543. The van der Waals surface area contributed by atoms with Crippen LogP contribution in [-0.2, 0) is 20.7 Å². The molecule has 1 unspecified atom stereocenters. The van der Waals surface area contributed by atoms with E-state index >= 15 is 0 Å². The van der Waals surface area contributed by atoms with Gasteiger partial charge in [0, 0.05) is 23.2 Å². The Balaban J connectivity index is 1.73. The van der Waals surface area contributed by atoms with Gasteiger partial charge in [-0.2, -0.15) is 0 Å². The number of para-hydroxylation sites is 1. The maximum atomic E-state index is 13.4. The van der Waals surface area contributed by atoms with Crippen LogP contribution >= 0.6 is 0 Å². The van der Waals surface area contributed by atoms with Gasteiger partial charge in [-0.05, 0) is 48.0 Å². The molecule has 0 bridgehead atoms. The average Bonchev–Trinajstić information content (AvgIpc) is 3.49. The number of fused-ring (bicyclic) bond motifs is 1. The predicted molar refractivity (Wildman–Crippen MR) is 131 cm³/mol. The van der Waals surface area contributed by atoms with Crippen LogP contribution in [0.1, 0.15) is 33.1 Å². The van der Waals surface area contributed by atoms with Gasteiger partial charge >= 0.3 is 5.97 Å². The number of anilines is 1. The molecule has 3 aromatic rings. The number of hydrogen-bond donors (Lipinski definition) is 1. The van der Waals surface area contributed by atoms with Crippen LogP contribution in [0.15, 0.2) is 72.3 Å². The van der Waals surface area contributed by atoms with Crippen LogP contribution in [0.25, 0.3) is 5.76 Å². The van der Waals surface area contributed by atoms with Gasteiger partial charge in [0.15, 0.2) is 0 Å². The molecule has 1 saturated heterocycles. The van der Waals surface area contributed by atoms with E-state index in [0.717, 1.165) is 11.3 Å². The molecule has 2 aliphatic heterocycles. The second kappa shape index (κ2) is 9.22. The van der Waals surface area contributed by atoms with Gasteiger partial charge in [0.1, 0.15) is 17.3 Å². The highest BCUT2D eigenvalue weighted by molar-refractivity contribution is 6.51. The Bertz CT molecular complexity index is 1420. The number of methoxy groups -OCH3 is 2. The maximum Gasteiger partial charge on any atom is 0.337 e. The Kier molecular flexibility index (Phi) is 5.93. The predicted octanol–water partition coefficient (Wildman–Crippen LogP) is 4.04. The summed E-state index contributed by atoms with van der Waals surface area (Å²) in [5.74, 6) is -1.39. The Labute approximate surface area is 207 Å². The Morgan fingerprint density at radius 3 is 2.58 bits per heavy atom. The van der Waals surface area contributed by atoms with E-state index in [9.17, 15) is 19.5 Å². The van der Waals surface area contributed by atoms with Crippen molar-refractivity contribution < 1.29 is 33.7 Å². The van der Waals surface area contributed by atoms with Crippen LogP contribution in [0.3, 0.4) is 0 Å². The van der Waals surface area contributed by atoms with Gasteiger partial charge in [-0.25, -0.2) is 4.79 Å². The lowest BCUT2D eigenvalue weighted by Crippen LogP contribution is -2.29. The Morgan fingerprint density at radius 2 is 1.81 bits per heavy atom. The first-order valence-corrected chi connectivity index (χ1v) is 11.3. The van der Waals surface area contributed by atoms with Crippen molar-refractivity contribution in [2.75, 3.05) is 25.7 Å². The van der Waals surface area contributed by atoms with Crippen molar-refractivity contribution >= 4 is 29.1 Å². The molecule has 5 rings (SSSR count). The van der Waals surface area contributed by atoms with Crippen molar-refractivity contribution in [2.24, 2.45) is 0 Å². The molecule has 2 heterocycles. The van der Waals surface area contributed by atoms with Gasteiger partial charge in [0.25, 0.3) is 11.7 Å². The summed E-state index contributed by atoms with van der Waals surface area (Å²) in [6.07, 6.45) is 0.682. The van der Waals surface area contributed by atoms with Crippen molar-refractivity contribution in [3.63, 3.8) is 0 Å². The highest BCUT2D eigenvalue weighted by atomic mass is 16.5.